The van der Waals surface area contributed by atoms with Gasteiger partial charge in [0.25, 0.3) is 0 Å². The van der Waals surface area contributed by atoms with Crippen molar-refractivity contribution in [1.82, 2.24) is 10.3 Å². The van der Waals surface area contributed by atoms with Crippen LogP contribution in [0.15, 0.2) is 29.6 Å². The van der Waals surface area contributed by atoms with E-state index >= 15 is 0 Å². The van der Waals surface area contributed by atoms with Crippen molar-refractivity contribution in [2.45, 2.75) is 19.9 Å². The number of nitrogens with two attached hydrogens (primary N) is 1. The zero-order valence-electron chi connectivity index (χ0n) is 10.8. The molecule has 1 unspecified atom stereocenters. The summed E-state index contributed by atoms with van der Waals surface area (Å²) >= 11 is 1.53. The van der Waals surface area contributed by atoms with E-state index in [-0.39, 0.29) is 12.1 Å². The number of benzene rings is 1. The first-order chi connectivity index (χ1) is 9.04. The number of hydrogen-bond donors (Lipinski definition) is 3. The van der Waals surface area contributed by atoms with Crippen LogP contribution in [0.4, 0.5) is 16.2 Å². The average molecular weight is 276 g/mol. The maximum absolute atomic E-state index is 11.8. The van der Waals surface area contributed by atoms with Crippen molar-refractivity contribution in [1.29, 1.82) is 0 Å². The highest BCUT2D eigenvalue weighted by atomic mass is 32.1. The minimum absolute atomic E-state index is 0.125. The summed E-state index contributed by atoms with van der Waals surface area (Å²) in [6.07, 6.45) is 0. The maximum Gasteiger partial charge on any atom is 0.319 e. The highest BCUT2D eigenvalue weighted by Crippen LogP contribution is 2.18. The molecule has 1 atom stereocenters. The fraction of sp³-hybridized carbons (Fsp3) is 0.231. The minimum Gasteiger partial charge on any atom is -0.399 e. The molecule has 2 aromatic rings. The fourth-order valence-electron chi connectivity index (χ4n) is 1.61. The zero-order chi connectivity index (χ0) is 13.8. The lowest BCUT2D eigenvalue weighted by Gasteiger charge is -2.12. The van der Waals surface area contributed by atoms with Gasteiger partial charge in [0.15, 0.2) is 0 Å². The minimum atomic E-state index is -0.272. The molecule has 19 heavy (non-hydrogen) atoms. The van der Waals surface area contributed by atoms with Crippen molar-refractivity contribution in [3.8, 4) is 0 Å². The molecule has 0 aliphatic heterocycles. The molecule has 0 saturated heterocycles. The number of carbonyl (C=O) groups is 1. The van der Waals surface area contributed by atoms with Crippen molar-refractivity contribution in [2.75, 3.05) is 11.1 Å². The monoisotopic (exact) mass is 276 g/mol. The van der Waals surface area contributed by atoms with Crippen LogP contribution >= 0.6 is 11.3 Å². The molecular weight excluding hydrogens is 260 g/mol. The van der Waals surface area contributed by atoms with E-state index in [0.717, 1.165) is 10.7 Å². The van der Waals surface area contributed by atoms with E-state index in [1.807, 2.05) is 19.2 Å². The SMILES string of the molecule is Cc1csc(C(C)NC(=O)Nc2cccc(N)c2)n1. The van der Waals surface area contributed by atoms with Gasteiger partial charge in [-0.1, -0.05) is 6.07 Å². The second-order valence-electron chi connectivity index (χ2n) is 4.27. The molecule has 2 amide bonds. The third-order valence-electron chi connectivity index (χ3n) is 2.50. The second kappa shape index (κ2) is 5.71. The number of carbonyl (C=O) groups excluding carboxylic acids is 1. The van der Waals surface area contributed by atoms with Gasteiger partial charge in [0.05, 0.1) is 6.04 Å². The van der Waals surface area contributed by atoms with Gasteiger partial charge in [-0.15, -0.1) is 11.3 Å². The van der Waals surface area contributed by atoms with E-state index in [9.17, 15) is 4.79 Å². The van der Waals surface area contributed by atoms with E-state index in [4.69, 9.17) is 5.73 Å². The first-order valence-electron chi connectivity index (χ1n) is 5.89. The summed E-state index contributed by atoms with van der Waals surface area (Å²) in [4.78, 5) is 16.2. The lowest BCUT2D eigenvalue weighted by Crippen LogP contribution is -2.31. The number of rotatable bonds is 3. The van der Waals surface area contributed by atoms with Crippen LogP contribution in [0.2, 0.25) is 0 Å². The number of nitrogens with one attached hydrogen (secondary N) is 2. The number of aromatic nitrogens is 1. The van der Waals surface area contributed by atoms with Gasteiger partial charge in [-0.25, -0.2) is 9.78 Å². The predicted octanol–water partition coefficient (Wildman–Crippen LogP) is 2.92. The zero-order valence-corrected chi connectivity index (χ0v) is 11.6. The molecule has 1 aromatic heterocycles. The van der Waals surface area contributed by atoms with Crippen LogP contribution in [0.25, 0.3) is 0 Å². The summed E-state index contributed by atoms with van der Waals surface area (Å²) in [5, 5.41) is 8.42. The van der Waals surface area contributed by atoms with E-state index in [1.54, 1.807) is 24.3 Å². The maximum atomic E-state index is 11.8. The Labute approximate surface area is 115 Å². The summed E-state index contributed by atoms with van der Waals surface area (Å²) in [7, 11) is 0. The summed E-state index contributed by atoms with van der Waals surface area (Å²) in [6.45, 7) is 3.83. The molecule has 0 spiro atoms. The van der Waals surface area contributed by atoms with E-state index in [0.29, 0.717) is 11.4 Å². The van der Waals surface area contributed by atoms with Crippen LogP contribution in [-0.4, -0.2) is 11.0 Å². The highest BCUT2D eigenvalue weighted by molar-refractivity contribution is 7.09. The summed E-state index contributed by atoms with van der Waals surface area (Å²) in [5.74, 6) is 0. The average Bonchev–Trinajstić information content (AvgIpc) is 2.75. The van der Waals surface area contributed by atoms with Crippen LogP contribution in [0.5, 0.6) is 0 Å². The van der Waals surface area contributed by atoms with Gasteiger partial charge in [0.2, 0.25) is 0 Å². The number of nitrogens with zero attached hydrogens (tertiary/aromatic N) is 1. The summed E-state index contributed by atoms with van der Waals surface area (Å²) in [5.41, 5.74) is 7.89. The van der Waals surface area contributed by atoms with Crippen LogP contribution in [0.1, 0.15) is 23.7 Å². The third-order valence-corrected chi connectivity index (χ3v) is 3.64. The van der Waals surface area contributed by atoms with Crippen LogP contribution in [0.3, 0.4) is 0 Å². The Bertz CT molecular complexity index is 582. The topological polar surface area (TPSA) is 80.0 Å². The largest absolute Gasteiger partial charge is 0.399 e. The Morgan fingerprint density at radius 2 is 2.26 bits per heavy atom. The van der Waals surface area contributed by atoms with Crippen molar-refractivity contribution >= 4 is 28.7 Å². The molecule has 0 fully saturated rings. The number of thiazole rings is 1. The van der Waals surface area contributed by atoms with Crippen molar-refractivity contribution in [2.24, 2.45) is 0 Å². The molecule has 100 valence electrons. The molecule has 0 aliphatic rings. The molecule has 1 aromatic carbocycles. The molecular formula is C13H16N4OS. The molecule has 4 N–H and O–H groups in total. The van der Waals surface area contributed by atoms with Gasteiger partial charge in [-0.05, 0) is 32.0 Å². The molecule has 5 nitrogen and oxygen atoms in total. The second-order valence-corrected chi connectivity index (χ2v) is 5.16. The lowest BCUT2D eigenvalue weighted by atomic mass is 10.3. The van der Waals surface area contributed by atoms with Gasteiger partial charge in [-0.2, -0.15) is 0 Å². The van der Waals surface area contributed by atoms with E-state index in [1.165, 1.54) is 11.3 Å². The van der Waals surface area contributed by atoms with Gasteiger partial charge >= 0.3 is 6.03 Å². The van der Waals surface area contributed by atoms with Gasteiger partial charge in [0, 0.05) is 22.4 Å². The fourth-order valence-corrected chi connectivity index (χ4v) is 2.42. The number of anilines is 2. The number of nitrogen functional groups attached to an aromatic ring is 1. The Hall–Kier alpha value is -2.08. The number of hydrogen-bond acceptors (Lipinski definition) is 4. The van der Waals surface area contributed by atoms with Crippen LogP contribution < -0.4 is 16.4 Å². The molecule has 1 heterocycles. The lowest BCUT2D eigenvalue weighted by molar-refractivity contribution is 0.249. The van der Waals surface area contributed by atoms with E-state index < -0.39 is 0 Å². The third kappa shape index (κ3) is 3.69. The van der Waals surface area contributed by atoms with Crippen LogP contribution in [-0.2, 0) is 0 Å². The standard InChI is InChI=1S/C13H16N4OS/c1-8-7-19-12(15-8)9(2)16-13(18)17-11-5-3-4-10(14)6-11/h3-7,9H,14H2,1-2H3,(H2,16,17,18). The Morgan fingerprint density at radius 3 is 2.89 bits per heavy atom. The Kier molecular flexibility index (Phi) is 4.01. The molecule has 2 rings (SSSR count). The molecule has 0 aliphatic carbocycles. The highest BCUT2D eigenvalue weighted by Gasteiger charge is 2.12. The van der Waals surface area contributed by atoms with E-state index in [2.05, 4.69) is 15.6 Å². The molecule has 0 radical (unpaired) electrons. The van der Waals surface area contributed by atoms with Gasteiger partial charge < -0.3 is 16.4 Å². The van der Waals surface area contributed by atoms with Crippen molar-refractivity contribution < 1.29 is 4.79 Å². The quantitative estimate of drug-likeness (QED) is 0.754. The first kappa shape index (κ1) is 13.4. The molecule has 6 heteroatoms. The number of urea groups is 1. The smallest absolute Gasteiger partial charge is 0.319 e. The van der Waals surface area contributed by atoms with Crippen LogP contribution in [0, 0.1) is 6.92 Å². The number of aryl methyl sites for hydroxylation is 1. The summed E-state index contributed by atoms with van der Waals surface area (Å²) in [6, 6.07) is 6.65. The Balaban J connectivity index is 1.94. The van der Waals surface area contributed by atoms with Gasteiger partial charge in [0.1, 0.15) is 5.01 Å². The normalized spacial score (nSPS) is 11.9. The summed E-state index contributed by atoms with van der Waals surface area (Å²) < 4.78 is 0. The van der Waals surface area contributed by atoms with Crippen molar-refractivity contribution in [3.05, 3.63) is 40.3 Å². The number of amides is 2. The van der Waals surface area contributed by atoms with Gasteiger partial charge in [-0.3, -0.25) is 0 Å². The van der Waals surface area contributed by atoms with Crippen molar-refractivity contribution in [3.63, 3.8) is 0 Å². The Morgan fingerprint density at radius 1 is 1.47 bits per heavy atom. The predicted molar refractivity (Wildman–Crippen MR) is 78.3 cm³/mol. The molecule has 0 saturated carbocycles. The molecule has 0 bridgehead atoms. The first-order valence-corrected chi connectivity index (χ1v) is 6.77.